The van der Waals surface area contributed by atoms with Crippen molar-refractivity contribution >= 4 is 21.7 Å². The predicted molar refractivity (Wildman–Crippen MR) is 130 cm³/mol. The Labute approximate surface area is 208 Å². The molecule has 1 atom stereocenters. The van der Waals surface area contributed by atoms with Gasteiger partial charge in [-0.05, 0) is 72.9 Å². The highest BCUT2D eigenvalue weighted by atomic mass is 32.2. The molecule has 188 valence electrons. The highest BCUT2D eigenvalue weighted by molar-refractivity contribution is 7.92. The Bertz CT molecular complexity index is 1430. The van der Waals surface area contributed by atoms with Crippen LogP contribution in [0.4, 0.5) is 14.5 Å². The van der Waals surface area contributed by atoms with E-state index in [0.717, 1.165) is 18.1 Å². The van der Waals surface area contributed by atoms with Gasteiger partial charge in [-0.1, -0.05) is 24.6 Å². The Morgan fingerprint density at radius 3 is 2.39 bits per heavy atom. The Morgan fingerprint density at radius 2 is 1.78 bits per heavy atom. The number of ether oxygens (including phenoxy) is 1. The molecule has 0 amide bonds. The lowest BCUT2D eigenvalue weighted by Gasteiger charge is -2.43. The summed E-state index contributed by atoms with van der Waals surface area (Å²) in [6.45, 7) is 1.71. The van der Waals surface area contributed by atoms with E-state index in [4.69, 9.17) is 4.74 Å². The van der Waals surface area contributed by atoms with Gasteiger partial charge < -0.3 is 9.84 Å². The monoisotopic (exact) mass is 513 g/mol. The van der Waals surface area contributed by atoms with Crippen molar-refractivity contribution in [2.24, 2.45) is 5.41 Å². The van der Waals surface area contributed by atoms with Crippen LogP contribution < -0.4 is 9.04 Å². The Hall–Kier alpha value is -3.46. The first-order valence-corrected chi connectivity index (χ1v) is 13.1. The molecule has 3 aromatic carbocycles. The zero-order chi connectivity index (χ0) is 25.7. The van der Waals surface area contributed by atoms with Crippen LogP contribution in [0.5, 0.6) is 5.75 Å². The van der Waals surface area contributed by atoms with Crippen molar-refractivity contribution in [1.82, 2.24) is 0 Å². The highest BCUT2D eigenvalue weighted by Crippen LogP contribution is 2.48. The first-order chi connectivity index (χ1) is 17.1. The van der Waals surface area contributed by atoms with Gasteiger partial charge in [0.15, 0.2) is 0 Å². The van der Waals surface area contributed by atoms with E-state index >= 15 is 0 Å². The van der Waals surface area contributed by atoms with Crippen LogP contribution in [0.3, 0.4) is 0 Å². The van der Waals surface area contributed by atoms with Crippen LogP contribution in [0.15, 0.2) is 65.6 Å². The number of hydrogen-bond donors (Lipinski definition) is 1. The van der Waals surface area contributed by atoms with E-state index in [1.165, 1.54) is 28.6 Å². The van der Waals surface area contributed by atoms with Crippen LogP contribution in [0, 0.1) is 24.0 Å². The molecular weight excluding hydrogens is 488 g/mol. The molecule has 1 heterocycles. The molecule has 2 aliphatic rings. The van der Waals surface area contributed by atoms with E-state index in [9.17, 15) is 27.1 Å². The quantitative estimate of drug-likeness (QED) is 0.468. The van der Waals surface area contributed by atoms with Crippen LogP contribution in [-0.2, 0) is 14.8 Å². The summed E-state index contributed by atoms with van der Waals surface area (Å²) in [7, 11) is -4.05. The number of fused-ring (bicyclic) bond motifs is 1. The second-order valence-corrected chi connectivity index (χ2v) is 11.4. The maximum Gasteiger partial charge on any atom is 0.309 e. The van der Waals surface area contributed by atoms with E-state index in [-0.39, 0.29) is 34.9 Å². The molecule has 1 N–H and O–H groups in total. The molecular formula is C27H25F2NO5S. The summed E-state index contributed by atoms with van der Waals surface area (Å²) in [4.78, 5) is 12.1. The van der Waals surface area contributed by atoms with E-state index in [1.54, 1.807) is 37.3 Å². The van der Waals surface area contributed by atoms with Crippen molar-refractivity contribution in [2.75, 3.05) is 10.8 Å². The van der Waals surface area contributed by atoms with Crippen LogP contribution in [0.2, 0.25) is 0 Å². The van der Waals surface area contributed by atoms with Crippen LogP contribution in [0.25, 0.3) is 11.1 Å². The average Bonchev–Trinajstić information content (AvgIpc) is 2.79. The lowest BCUT2D eigenvalue weighted by Crippen LogP contribution is -2.49. The van der Waals surface area contributed by atoms with Gasteiger partial charge in [-0.25, -0.2) is 17.2 Å². The molecule has 36 heavy (non-hydrogen) atoms. The molecule has 1 aliphatic heterocycles. The fourth-order valence-electron chi connectivity index (χ4n) is 4.99. The third kappa shape index (κ3) is 4.32. The Balaban J connectivity index is 1.60. The summed E-state index contributed by atoms with van der Waals surface area (Å²) >= 11 is 0. The zero-order valence-corrected chi connectivity index (χ0v) is 20.4. The van der Waals surface area contributed by atoms with Crippen molar-refractivity contribution in [3.05, 3.63) is 77.9 Å². The van der Waals surface area contributed by atoms with Gasteiger partial charge in [-0.15, -0.1) is 0 Å². The summed E-state index contributed by atoms with van der Waals surface area (Å²) in [6, 6.07) is 14.3. The number of halogens is 2. The molecule has 0 unspecified atom stereocenters. The van der Waals surface area contributed by atoms with Gasteiger partial charge in [0.2, 0.25) is 0 Å². The number of hydrogen-bond acceptors (Lipinski definition) is 4. The second kappa shape index (κ2) is 8.89. The minimum Gasteiger partial charge on any atom is -0.486 e. The van der Waals surface area contributed by atoms with Gasteiger partial charge in [-0.2, -0.15) is 0 Å². The molecule has 5 rings (SSSR count). The minimum atomic E-state index is -4.05. The van der Waals surface area contributed by atoms with Crippen molar-refractivity contribution in [1.29, 1.82) is 0 Å². The van der Waals surface area contributed by atoms with Gasteiger partial charge in [0, 0.05) is 12.5 Å². The lowest BCUT2D eigenvalue weighted by atomic mass is 9.65. The number of carbonyl (C=O) groups is 1. The molecule has 0 radical (unpaired) electrons. The number of carboxylic acids is 1. The summed E-state index contributed by atoms with van der Waals surface area (Å²) in [5, 5.41) is 9.80. The van der Waals surface area contributed by atoms with E-state index in [2.05, 4.69) is 0 Å². The average molecular weight is 514 g/mol. The van der Waals surface area contributed by atoms with E-state index in [0.29, 0.717) is 18.4 Å². The van der Waals surface area contributed by atoms with Gasteiger partial charge in [0.05, 0.1) is 22.5 Å². The number of nitrogens with zero attached hydrogens (tertiary/aromatic N) is 1. The smallest absolute Gasteiger partial charge is 0.309 e. The third-order valence-electron chi connectivity index (χ3n) is 7.05. The second-order valence-electron chi connectivity index (χ2n) is 9.58. The Kier molecular flexibility index (Phi) is 5.98. The normalized spacial score (nSPS) is 18.6. The molecule has 6 nitrogen and oxygen atoms in total. The molecule has 0 saturated heterocycles. The van der Waals surface area contributed by atoms with Gasteiger partial charge in [0.25, 0.3) is 10.0 Å². The van der Waals surface area contributed by atoms with Crippen molar-refractivity contribution in [3.8, 4) is 16.9 Å². The number of benzene rings is 3. The molecule has 0 aromatic heterocycles. The van der Waals surface area contributed by atoms with Gasteiger partial charge >= 0.3 is 5.97 Å². The molecule has 1 saturated carbocycles. The fraction of sp³-hybridized carbons (Fsp3) is 0.296. The standard InChI is InChI=1S/C27H25F2NO5S/c1-17-4-2-5-23(10-17)36(33,34)30-16-22(15-27(26(31)32)8-3-9-27)35-25-7-6-18(13-24(25)30)19-11-20(28)14-21(29)12-19/h2,4-7,10-14,22H,3,8-9,15-16H2,1H3,(H,31,32)/t22-/m1/s1. The van der Waals surface area contributed by atoms with Crippen molar-refractivity contribution in [2.45, 2.75) is 43.6 Å². The summed E-state index contributed by atoms with van der Waals surface area (Å²) < 4.78 is 62.7. The van der Waals surface area contributed by atoms with Crippen LogP contribution in [0.1, 0.15) is 31.2 Å². The maximum atomic E-state index is 13.9. The largest absolute Gasteiger partial charge is 0.486 e. The van der Waals surface area contributed by atoms with Gasteiger partial charge in [-0.3, -0.25) is 9.10 Å². The number of sulfonamides is 1. The van der Waals surface area contributed by atoms with E-state index < -0.39 is 39.1 Å². The topological polar surface area (TPSA) is 83.9 Å². The Morgan fingerprint density at radius 1 is 1.06 bits per heavy atom. The summed E-state index contributed by atoms with van der Waals surface area (Å²) in [5.74, 6) is -2.13. The predicted octanol–water partition coefficient (Wildman–Crippen LogP) is 5.54. The number of anilines is 1. The molecule has 9 heteroatoms. The molecule has 0 bridgehead atoms. The van der Waals surface area contributed by atoms with Crippen molar-refractivity contribution in [3.63, 3.8) is 0 Å². The molecule has 3 aromatic rings. The number of aryl methyl sites for hydroxylation is 1. The first-order valence-electron chi connectivity index (χ1n) is 11.7. The van der Waals surface area contributed by atoms with E-state index in [1.807, 2.05) is 0 Å². The number of carboxylic acid groups (broad SMARTS) is 1. The molecule has 1 aliphatic carbocycles. The van der Waals surface area contributed by atoms with Crippen LogP contribution in [-0.4, -0.2) is 32.1 Å². The highest BCUT2D eigenvalue weighted by Gasteiger charge is 2.48. The minimum absolute atomic E-state index is 0.0841. The van der Waals surface area contributed by atoms with Gasteiger partial charge in [0.1, 0.15) is 23.5 Å². The molecule has 1 fully saturated rings. The van der Waals surface area contributed by atoms with Crippen molar-refractivity contribution < 1.29 is 31.8 Å². The fourth-order valence-corrected chi connectivity index (χ4v) is 6.60. The summed E-state index contributed by atoms with van der Waals surface area (Å²) in [6.07, 6.45) is 1.34. The van der Waals surface area contributed by atoms with Crippen LogP contribution >= 0.6 is 0 Å². The third-order valence-corrected chi connectivity index (χ3v) is 8.82. The summed E-state index contributed by atoms with van der Waals surface area (Å²) in [5.41, 5.74) is 0.738. The number of aliphatic carboxylic acids is 1. The number of rotatable bonds is 6. The zero-order valence-electron chi connectivity index (χ0n) is 19.6. The maximum absolute atomic E-state index is 13.9. The first kappa shape index (κ1) is 24.2. The molecule has 0 spiro atoms. The lowest BCUT2D eigenvalue weighted by molar-refractivity contribution is -0.156. The SMILES string of the molecule is Cc1cccc(S(=O)(=O)N2C[C@@H](CC3(C(=O)O)CCC3)Oc3ccc(-c4cc(F)cc(F)c4)cc32)c1.